The van der Waals surface area contributed by atoms with Crippen LogP contribution < -0.4 is 0 Å². The van der Waals surface area contributed by atoms with E-state index in [1.807, 2.05) is 12.1 Å². The third-order valence-corrected chi connectivity index (χ3v) is 11.1. The third kappa shape index (κ3) is 2.95. The van der Waals surface area contributed by atoms with Gasteiger partial charge in [0.2, 0.25) is 11.8 Å². The highest BCUT2D eigenvalue weighted by Gasteiger charge is 2.69. The second-order valence-electron chi connectivity index (χ2n) is 8.98. The van der Waals surface area contributed by atoms with E-state index in [0.717, 1.165) is 19.9 Å². The van der Waals surface area contributed by atoms with Crippen molar-refractivity contribution in [3.63, 3.8) is 0 Å². The first kappa shape index (κ1) is 21.1. The molecule has 1 aromatic heterocycles. The van der Waals surface area contributed by atoms with Crippen LogP contribution in [0.25, 0.3) is 0 Å². The lowest BCUT2D eigenvalue weighted by molar-refractivity contribution is -0.142. The lowest BCUT2D eigenvalue weighted by Gasteiger charge is -2.43. The minimum Gasteiger partial charge on any atom is -0.481 e. The summed E-state index contributed by atoms with van der Waals surface area (Å²) in [5.74, 6) is -1.35. The number of rotatable bonds is 4. The van der Waals surface area contributed by atoms with Crippen molar-refractivity contribution in [1.29, 1.82) is 0 Å². The van der Waals surface area contributed by atoms with Gasteiger partial charge >= 0.3 is 5.97 Å². The number of thiazole rings is 1. The van der Waals surface area contributed by atoms with E-state index in [-0.39, 0.29) is 65.5 Å². The van der Waals surface area contributed by atoms with Crippen LogP contribution in [0, 0.1) is 33.5 Å². The Labute approximate surface area is 205 Å². The van der Waals surface area contributed by atoms with E-state index in [2.05, 4.69) is 33.0 Å². The van der Waals surface area contributed by atoms with Gasteiger partial charge in [0.05, 0.1) is 23.3 Å². The Bertz CT molecular complexity index is 1210. The highest BCUT2D eigenvalue weighted by atomic mass is 79.9. The fraction of sp³-hybridized carbons (Fsp3) is 0.455. The molecule has 7 atom stereocenters. The maximum atomic E-state index is 13.3. The standard InChI is InChI=1S/C22H19BrN2O4S3/c23-9-3-1-8(2-4-9)13-14-10-7-11(17(14)31-19-18(13)32-22(30)24-19)16-15(10)20(28)25(21(16)29)6-5-12(26)27/h1-4,10-11,13-17H,5-7H2,(H,24,30)(H,26,27). The van der Waals surface area contributed by atoms with E-state index < -0.39 is 5.97 Å². The molecule has 4 aliphatic rings. The summed E-state index contributed by atoms with van der Waals surface area (Å²) in [4.78, 5) is 43.3. The molecule has 10 heteroatoms. The highest BCUT2D eigenvalue weighted by molar-refractivity contribution is 9.10. The van der Waals surface area contributed by atoms with Gasteiger partial charge < -0.3 is 10.1 Å². The molecule has 6 rings (SSSR count). The average molecular weight is 552 g/mol. The van der Waals surface area contributed by atoms with E-state index in [1.54, 1.807) is 23.1 Å². The minimum absolute atomic E-state index is 0.0293. The summed E-state index contributed by atoms with van der Waals surface area (Å²) in [6.07, 6.45) is 0.674. The quantitative estimate of drug-likeness (QED) is 0.429. The van der Waals surface area contributed by atoms with Crippen molar-refractivity contribution in [3.05, 3.63) is 43.1 Å². The van der Waals surface area contributed by atoms with Crippen LogP contribution in [-0.4, -0.2) is 44.6 Å². The molecular formula is C22H19BrN2O4S3. The molecule has 2 N–H and O–H groups in total. The molecule has 2 aliphatic heterocycles. The fourth-order valence-electron chi connectivity index (χ4n) is 6.55. The number of carboxylic acid groups (broad SMARTS) is 1. The first-order valence-electron chi connectivity index (χ1n) is 10.6. The van der Waals surface area contributed by atoms with Gasteiger partial charge in [-0.3, -0.25) is 19.3 Å². The maximum Gasteiger partial charge on any atom is 0.305 e. The van der Waals surface area contributed by atoms with Gasteiger partial charge in [-0.1, -0.05) is 28.1 Å². The Hall–Kier alpha value is -1.49. The number of fused-ring (bicyclic) bond motifs is 9. The van der Waals surface area contributed by atoms with Crippen LogP contribution in [0.15, 0.2) is 33.8 Å². The molecule has 6 nitrogen and oxygen atoms in total. The van der Waals surface area contributed by atoms with Crippen molar-refractivity contribution in [2.24, 2.45) is 29.6 Å². The monoisotopic (exact) mass is 550 g/mol. The van der Waals surface area contributed by atoms with Gasteiger partial charge in [-0.05, 0) is 54.1 Å². The number of hydrogen-bond donors (Lipinski definition) is 2. The summed E-state index contributed by atoms with van der Waals surface area (Å²) < 4.78 is 1.77. The number of aromatic amines is 1. The van der Waals surface area contributed by atoms with Crippen LogP contribution >= 0.6 is 51.2 Å². The van der Waals surface area contributed by atoms with Crippen molar-refractivity contribution in [3.8, 4) is 0 Å². The number of carbonyl (C=O) groups is 3. The Morgan fingerprint density at radius 3 is 2.56 bits per heavy atom. The van der Waals surface area contributed by atoms with Crippen molar-refractivity contribution in [2.75, 3.05) is 6.54 Å². The molecule has 166 valence electrons. The zero-order chi connectivity index (χ0) is 22.3. The second-order valence-corrected chi connectivity index (χ2v) is 12.8. The Kier molecular flexibility index (Phi) is 4.95. The Morgan fingerprint density at radius 2 is 1.88 bits per heavy atom. The van der Waals surface area contributed by atoms with E-state index in [0.29, 0.717) is 0 Å². The summed E-state index contributed by atoms with van der Waals surface area (Å²) in [6, 6.07) is 8.37. The third-order valence-electron chi connectivity index (χ3n) is 7.59. The van der Waals surface area contributed by atoms with E-state index in [1.165, 1.54) is 15.3 Å². The van der Waals surface area contributed by atoms with Crippen LogP contribution in [0.5, 0.6) is 0 Å². The first-order chi connectivity index (χ1) is 15.3. The summed E-state index contributed by atoms with van der Waals surface area (Å²) in [7, 11) is 0. The molecule has 2 aliphatic carbocycles. The van der Waals surface area contributed by atoms with Gasteiger partial charge in [-0.25, -0.2) is 0 Å². The Morgan fingerprint density at radius 1 is 1.19 bits per heavy atom. The molecule has 2 amide bonds. The van der Waals surface area contributed by atoms with Gasteiger partial charge in [0.1, 0.15) is 0 Å². The van der Waals surface area contributed by atoms with E-state index in [4.69, 9.17) is 17.3 Å². The number of carboxylic acids is 1. The number of H-pyrrole nitrogens is 1. The Balaban J connectivity index is 1.41. The van der Waals surface area contributed by atoms with Crippen molar-refractivity contribution >= 4 is 69.0 Å². The number of likely N-dealkylation sites (tertiary alicyclic amines) is 1. The lowest BCUT2D eigenvalue weighted by atomic mass is 9.68. The van der Waals surface area contributed by atoms with E-state index >= 15 is 0 Å². The predicted octanol–water partition coefficient (Wildman–Crippen LogP) is 4.52. The van der Waals surface area contributed by atoms with Gasteiger partial charge in [0, 0.05) is 27.1 Å². The van der Waals surface area contributed by atoms with Crippen LogP contribution in [0.1, 0.15) is 29.2 Å². The number of benzene rings is 1. The van der Waals surface area contributed by atoms with Crippen molar-refractivity contribution in [2.45, 2.75) is 29.0 Å². The smallest absolute Gasteiger partial charge is 0.305 e. The number of halogens is 1. The van der Waals surface area contributed by atoms with Gasteiger partial charge in [-0.2, -0.15) is 0 Å². The number of amides is 2. The van der Waals surface area contributed by atoms with E-state index in [9.17, 15) is 14.4 Å². The van der Waals surface area contributed by atoms with Gasteiger partial charge in [-0.15, -0.1) is 23.1 Å². The number of imide groups is 1. The number of aliphatic carboxylic acids is 1. The number of nitrogens with one attached hydrogen (secondary N) is 1. The largest absolute Gasteiger partial charge is 0.481 e. The molecule has 7 unspecified atom stereocenters. The lowest BCUT2D eigenvalue weighted by Crippen LogP contribution is -2.42. The SMILES string of the molecule is O=C(O)CCN1C(=O)C2C3CC(C2C1=O)C1C(c2ccc(Br)cc2)c2sc(=S)[nH]c2SC31. The second kappa shape index (κ2) is 7.51. The molecule has 2 bridgehead atoms. The number of nitrogens with zero attached hydrogens (tertiary/aromatic N) is 1. The van der Waals surface area contributed by atoms with Crippen molar-refractivity contribution in [1.82, 2.24) is 9.88 Å². The molecule has 3 fully saturated rings. The predicted molar refractivity (Wildman–Crippen MR) is 126 cm³/mol. The summed E-state index contributed by atoms with van der Waals surface area (Å²) in [5.41, 5.74) is 1.21. The maximum absolute atomic E-state index is 13.3. The molecule has 1 aromatic carbocycles. The normalized spacial score (nSPS) is 34.5. The molecule has 1 saturated heterocycles. The fourth-order valence-corrected chi connectivity index (χ4v) is 10.1. The molecule has 2 aromatic rings. The molecule has 2 saturated carbocycles. The van der Waals surface area contributed by atoms with Crippen molar-refractivity contribution < 1.29 is 19.5 Å². The number of aromatic nitrogens is 1. The van der Waals surface area contributed by atoms with Gasteiger partial charge in [0.25, 0.3) is 0 Å². The summed E-state index contributed by atoms with van der Waals surface area (Å²) in [6.45, 7) is -0.0293. The number of hydrogen-bond acceptors (Lipinski definition) is 6. The van der Waals surface area contributed by atoms with Crippen LogP contribution in [0.3, 0.4) is 0 Å². The van der Waals surface area contributed by atoms with Crippen LogP contribution in [-0.2, 0) is 14.4 Å². The van der Waals surface area contributed by atoms with Crippen LogP contribution in [0.4, 0.5) is 0 Å². The summed E-state index contributed by atoms with van der Waals surface area (Å²) in [5, 5.41) is 10.4. The minimum atomic E-state index is -0.996. The first-order valence-corrected chi connectivity index (χ1v) is 13.5. The highest BCUT2D eigenvalue weighted by Crippen LogP contribution is 2.68. The molecule has 32 heavy (non-hydrogen) atoms. The topological polar surface area (TPSA) is 90.5 Å². The zero-order valence-electron chi connectivity index (χ0n) is 16.7. The molecule has 0 spiro atoms. The number of carbonyl (C=O) groups excluding carboxylic acids is 2. The van der Waals surface area contributed by atoms with Crippen LogP contribution in [0.2, 0.25) is 0 Å². The number of thioether (sulfide) groups is 1. The molecule has 3 heterocycles. The zero-order valence-corrected chi connectivity index (χ0v) is 20.7. The molecule has 0 radical (unpaired) electrons. The summed E-state index contributed by atoms with van der Waals surface area (Å²) >= 11 is 12.4. The average Bonchev–Trinajstić information content (AvgIpc) is 3.47. The molecular weight excluding hydrogens is 532 g/mol. The van der Waals surface area contributed by atoms with Gasteiger partial charge in [0.15, 0.2) is 3.95 Å².